The van der Waals surface area contributed by atoms with Crippen LogP contribution in [0.5, 0.6) is 0 Å². The lowest BCUT2D eigenvalue weighted by Gasteiger charge is -2.05. The maximum absolute atomic E-state index is 13.0. The van der Waals surface area contributed by atoms with Gasteiger partial charge in [-0.3, -0.25) is 4.79 Å². The number of benzene rings is 2. The highest BCUT2D eigenvalue weighted by atomic mass is 32.1. The van der Waals surface area contributed by atoms with Crippen LogP contribution < -0.4 is 11.1 Å². The van der Waals surface area contributed by atoms with Gasteiger partial charge >= 0.3 is 0 Å². The van der Waals surface area contributed by atoms with E-state index < -0.39 is 0 Å². The van der Waals surface area contributed by atoms with Gasteiger partial charge in [0.2, 0.25) is 0 Å². The lowest BCUT2D eigenvalue weighted by atomic mass is 10.1. The average Bonchev–Trinajstić information content (AvgIpc) is 2.98. The minimum Gasteiger partial charge on any atom is -0.396 e. The van der Waals surface area contributed by atoms with Gasteiger partial charge in [-0.05, 0) is 47.8 Å². The molecule has 1 amide bonds. The molecule has 2 aromatic carbocycles. The standard InChI is InChI=1S/C18H16FN3OS/c19-14-8-6-13(7-9-14)16-15(20)17(24-22-16)18(23)21-11-10-12-4-2-1-3-5-12/h1-9H,10-11,20H2,(H,21,23). The zero-order valence-electron chi connectivity index (χ0n) is 12.8. The van der Waals surface area contributed by atoms with Gasteiger partial charge in [-0.2, -0.15) is 4.37 Å². The van der Waals surface area contributed by atoms with E-state index in [0.717, 1.165) is 23.5 Å². The van der Waals surface area contributed by atoms with Crippen LogP contribution in [0.2, 0.25) is 0 Å². The Labute approximate surface area is 143 Å². The smallest absolute Gasteiger partial charge is 0.265 e. The Balaban J connectivity index is 1.66. The van der Waals surface area contributed by atoms with Crippen molar-refractivity contribution < 1.29 is 9.18 Å². The van der Waals surface area contributed by atoms with Crippen LogP contribution in [-0.4, -0.2) is 16.8 Å². The van der Waals surface area contributed by atoms with E-state index in [1.54, 1.807) is 12.1 Å². The maximum Gasteiger partial charge on any atom is 0.265 e. The molecule has 1 aromatic heterocycles. The fourth-order valence-electron chi connectivity index (χ4n) is 2.32. The Morgan fingerprint density at radius 2 is 1.83 bits per heavy atom. The molecule has 0 aliphatic heterocycles. The van der Waals surface area contributed by atoms with Gasteiger partial charge < -0.3 is 11.1 Å². The van der Waals surface area contributed by atoms with E-state index >= 15 is 0 Å². The van der Waals surface area contributed by atoms with Crippen LogP contribution in [0.4, 0.5) is 10.1 Å². The number of carbonyl (C=O) groups excluding carboxylic acids is 1. The third-order valence-electron chi connectivity index (χ3n) is 3.59. The first-order chi connectivity index (χ1) is 11.6. The van der Waals surface area contributed by atoms with Crippen molar-refractivity contribution in [3.63, 3.8) is 0 Å². The molecule has 122 valence electrons. The van der Waals surface area contributed by atoms with Gasteiger partial charge in [0.05, 0.1) is 5.69 Å². The molecular formula is C18H16FN3OS. The molecule has 1 heterocycles. The van der Waals surface area contributed by atoms with Crippen molar-refractivity contribution in [2.75, 3.05) is 12.3 Å². The van der Waals surface area contributed by atoms with Crippen molar-refractivity contribution in [1.29, 1.82) is 0 Å². The highest BCUT2D eigenvalue weighted by molar-refractivity contribution is 7.09. The first-order valence-electron chi connectivity index (χ1n) is 7.48. The molecule has 24 heavy (non-hydrogen) atoms. The molecule has 0 saturated heterocycles. The summed E-state index contributed by atoms with van der Waals surface area (Å²) in [5.74, 6) is -0.569. The second kappa shape index (κ2) is 7.23. The summed E-state index contributed by atoms with van der Waals surface area (Å²) in [6, 6.07) is 15.8. The lowest BCUT2D eigenvalue weighted by molar-refractivity contribution is 0.0959. The van der Waals surface area contributed by atoms with Crippen LogP contribution in [0.25, 0.3) is 11.3 Å². The van der Waals surface area contributed by atoms with Crippen molar-refractivity contribution in [2.45, 2.75) is 6.42 Å². The van der Waals surface area contributed by atoms with Crippen molar-refractivity contribution >= 4 is 23.1 Å². The normalized spacial score (nSPS) is 10.5. The summed E-state index contributed by atoms with van der Waals surface area (Å²) in [7, 11) is 0. The van der Waals surface area contributed by atoms with Gasteiger partial charge in [0, 0.05) is 12.1 Å². The minimum atomic E-state index is -0.327. The number of nitrogens with zero attached hydrogens (tertiary/aromatic N) is 1. The molecule has 0 radical (unpaired) electrons. The third-order valence-corrected chi connectivity index (χ3v) is 4.46. The number of halogens is 1. The fourth-order valence-corrected chi connectivity index (χ4v) is 3.06. The highest BCUT2D eigenvalue weighted by Gasteiger charge is 2.18. The minimum absolute atomic E-state index is 0.241. The number of carbonyl (C=O) groups is 1. The first kappa shape index (κ1) is 16.1. The molecule has 0 bridgehead atoms. The molecule has 3 N–H and O–H groups in total. The summed E-state index contributed by atoms with van der Waals surface area (Å²) in [4.78, 5) is 12.7. The molecule has 0 aliphatic rings. The fraction of sp³-hybridized carbons (Fsp3) is 0.111. The number of anilines is 1. The predicted octanol–water partition coefficient (Wildman–Crippen LogP) is 3.50. The monoisotopic (exact) mass is 341 g/mol. The van der Waals surface area contributed by atoms with Crippen LogP contribution in [0.1, 0.15) is 15.2 Å². The van der Waals surface area contributed by atoms with E-state index in [1.807, 2.05) is 30.3 Å². The largest absolute Gasteiger partial charge is 0.396 e. The Hall–Kier alpha value is -2.73. The van der Waals surface area contributed by atoms with E-state index in [9.17, 15) is 9.18 Å². The van der Waals surface area contributed by atoms with Crippen molar-refractivity contribution in [1.82, 2.24) is 9.69 Å². The Bertz CT molecular complexity index is 831. The van der Waals surface area contributed by atoms with Gasteiger partial charge in [-0.15, -0.1) is 0 Å². The highest BCUT2D eigenvalue weighted by Crippen LogP contribution is 2.30. The first-order valence-corrected chi connectivity index (χ1v) is 8.25. The number of hydrogen-bond acceptors (Lipinski definition) is 4. The molecule has 0 aliphatic carbocycles. The molecule has 0 saturated carbocycles. The lowest BCUT2D eigenvalue weighted by Crippen LogP contribution is -2.25. The van der Waals surface area contributed by atoms with E-state index in [-0.39, 0.29) is 11.7 Å². The van der Waals surface area contributed by atoms with Crippen LogP contribution in [0.3, 0.4) is 0 Å². The topological polar surface area (TPSA) is 68.0 Å². The van der Waals surface area contributed by atoms with E-state index in [2.05, 4.69) is 9.69 Å². The van der Waals surface area contributed by atoms with Gasteiger partial charge in [0.15, 0.2) is 0 Å². The van der Waals surface area contributed by atoms with Crippen molar-refractivity contribution in [3.8, 4) is 11.3 Å². The van der Waals surface area contributed by atoms with Crippen molar-refractivity contribution in [2.24, 2.45) is 0 Å². The molecule has 0 spiro atoms. The van der Waals surface area contributed by atoms with E-state index in [4.69, 9.17) is 5.73 Å². The zero-order valence-corrected chi connectivity index (χ0v) is 13.6. The van der Waals surface area contributed by atoms with Crippen LogP contribution in [-0.2, 0) is 6.42 Å². The molecular weight excluding hydrogens is 325 g/mol. The quantitative estimate of drug-likeness (QED) is 0.746. The maximum atomic E-state index is 13.0. The molecule has 0 atom stereocenters. The summed E-state index contributed by atoms with van der Waals surface area (Å²) in [6.07, 6.45) is 0.746. The molecule has 0 unspecified atom stereocenters. The summed E-state index contributed by atoms with van der Waals surface area (Å²) in [6.45, 7) is 0.520. The SMILES string of the molecule is Nc1c(-c2ccc(F)cc2)nsc1C(=O)NCCc1ccccc1. The van der Waals surface area contributed by atoms with Crippen LogP contribution >= 0.6 is 11.5 Å². The molecule has 0 fully saturated rings. The Morgan fingerprint density at radius 3 is 2.54 bits per heavy atom. The number of amides is 1. The van der Waals surface area contributed by atoms with Crippen LogP contribution in [0.15, 0.2) is 54.6 Å². The zero-order chi connectivity index (χ0) is 16.9. The van der Waals surface area contributed by atoms with E-state index in [0.29, 0.717) is 28.4 Å². The van der Waals surface area contributed by atoms with Gasteiger partial charge in [0.1, 0.15) is 16.4 Å². The summed E-state index contributed by atoms with van der Waals surface area (Å²) >= 11 is 1.05. The molecule has 3 aromatic rings. The summed E-state index contributed by atoms with van der Waals surface area (Å²) < 4.78 is 17.2. The van der Waals surface area contributed by atoms with E-state index in [1.165, 1.54) is 12.1 Å². The Morgan fingerprint density at radius 1 is 1.12 bits per heavy atom. The summed E-state index contributed by atoms with van der Waals surface area (Å²) in [5.41, 5.74) is 8.72. The van der Waals surface area contributed by atoms with Gasteiger partial charge in [0.25, 0.3) is 5.91 Å². The van der Waals surface area contributed by atoms with Gasteiger partial charge in [-0.25, -0.2) is 4.39 Å². The molecule has 3 rings (SSSR count). The Kier molecular flexibility index (Phi) is 4.86. The van der Waals surface area contributed by atoms with Crippen molar-refractivity contribution in [3.05, 3.63) is 70.9 Å². The second-order valence-electron chi connectivity index (χ2n) is 5.27. The molecule has 6 heteroatoms. The number of aromatic nitrogens is 1. The average molecular weight is 341 g/mol. The van der Waals surface area contributed by atoms with Gasteiger partial charge in [-0.1, -0.05) is 30.3 Å². The number of hydrogen-bond donors (Lipinski definition) is 2. The number of nitrogen functional groups attached to an aromatic ring is 1. The number of nitrogens with one attached hydrogen (secondary N) is 1. The molecule has 4 nitrogen and oxygen atoms in total. The third kappa shape index (κ3) is 3.60. The van der Waals surface area contributed by atoms with Crippen LogP contribution in [0, 0.1) is 5.82 Å². The second-order valence-corrected chi connectivity index (χ2v) is 6.05. The number of nitrogens with two attached hydrogens (primary N) is 1. The predicted molar refractivity (Wildman–Crippen MR) is 94.4 cm³/mol. The summed E-state index contributed by atoms with van der Waals surface area (Å²) in [5, 5.41) is 2.85. The number of rotatable bonds is 5.